The van der Waals surface area contributed by atoms with Gasteiger partial charge < -0.3 is 0 Å². The molecule has 1 aromatic heterocycles. The second-order valence-corrected chi connectivity index (χ2v) is 6.93. The molecule has 1 aromatic carbocycles. The molecular formula is C13H13BrClNS. The van der Waals surface area contributed by atoms with Crippen molar-refractivity contribution in [1.82, 2.24) is 4.37 Å². The topological polar surface area (TPSA) is 12.9 Å². The van der Waals surface area contributed by atoms with Gasteiger partial charge in [0.1, 0.15) is 0 Å². The van der Waals surface area contributed by atoms with E-state index in [1.165, 1.54) is 4.88 Å². The van der Waals surface area contributed by atoms with Crippen molar-refractivity contribution in [2.45, 2.75) is 26.2 Å². The second kappa shape index (κ2) is 4.71. The summed E-state index contributed by atoms with van der Waals surface area (Å²) in [6.45, 7) is 6.57. The van der Waals surface area contributed by atoms with E-state index < -0.39 is 0 Å². The van der Waals surface area contributed by atoms with Crippen molar-refractivity contribution >= 4 is 39.1 Å². The molecule has 0 aliphatic rings. The van der Waals surface area contributed by atoms with Gasteiger partial charge in [-0.15, -0.1) is 0 Å². The van der Waals surface area contributed by atoms with Crippen LogP contribution in [0.3, 0.4) is 0 Å². The summed E-state index contributed by atoms with van der Waals surface area (Å²) in [6, 6.07) is 7.77. The van der Waals surface area contributed by atoms with E-state index in [2.05, 4.69) is 41.1 Å². The van der Waals surface area contributed by atoms with Gasteiger partial charge in [0.15, 0.2) is 0 Å². The molecule has 0 amide bonds. The third-order valence-electron chi connectivity index (χ3n) is 2.43. The molecule has 0 aliphatic carbocycles. The molecule has 2 rings (SSSR count). The van der Waals surface area contributed by atoms with Crippen LogP contribution >= 0.6 is 39.1 Å². The van der Waals surface area contributed by atoms with Crippen LogP contribution in [0.4, 0.5) is 0 Å². The highest BCUT2D eigenvalue weighted by molar-refractivity contribution is 9.10. The molecule has 0 saturated carbocycles. The van der Waals surface area contributed by atoms with Crippen LogP contribution in [-0.4, -0.2) is 4.37 Å². The summed E-state index contributed by atoms with van der Waals surface area (Å²) in [4.78, 5) is 1.27. The monoisotopic (exact) mass is 329 g/mol. The van der Waals surface area contributed by atoms with Gasteiger partial charge in [0, 0.05) is 15.5 Å². The first-order valence-electron chi connectivity index (χ1n) is 5.31. The van der Waals surface area contributed by atoms with Crippen LogP contribution in [0.5, 0.6) is 0 Å². The van der Waals surface area contributed by atoms with Gasteiger partial charge in [0.25, 0.3) is 0 Å². The minimum Gasteiger partial charge on any atom is -0.191 e. The van der Waals surface area contributed by atoms with E-state index in [0.29, 0.717) is 0 Å². The Bertz CT molecular complexity index is 525. The molecule has 0 N–H and O–H groups in total. The highest BCUT2D eigenvalue weighted by atomic mass is 79.9. The molecule has 0 bridgehead atoms. The first kappa shape index (κ1) is 13.1. The molecule has 1 nitrogen and oxygen atoms in total. The summed E-state index contributed by atoms with van der Waals surface area (Å²) in [5.41, 5.74) is 2.20. The van der Waals surface area contributed by atoms with Crippen molar-refractivity contribution in [2.75, 3.05) is 0 Å². The van der Waals surface area contributed by atoms with Crippen LogP contribution in [-0.2, 0) is 5.41 Å². The first-order chi connectivity index (χ1) is 7.89. The maximum Gasteiger partial charge on any atom is 0.0985 e. The Hall–Kier alpha value is -0.380. The molecule has 2 aromatic rings. The predicted molar refractivity (Wildman–Crippen MR) is 79.0 cm³/mol. The largest absolute Gasteiger partial charge is 0.191 e. The Kier molecular flexibility index (Phi) is 3.62. The zero-order valence-corrected chi connectivity index (χ0v) is 13.1. The van der Waals surface area contributed by atoms with E-state index in [1.807, 2.05) is 24.3 Å². The Morgan fingerprint density at radius 1 is 1.18 bits per heavy atom. The zero-order valence-electron chi connectivity index (χ0n) is 9.92. The standard InChI is InChI=1S/C13H13BrClNS/c1-13(2,3)12-10(14)11(16-17-12)8-4-6-9(15)7-5-8/h4-7H,1-3H3. The van der Waals surface area contributed by atoms with Gasteiger partial charge in [-0.3, -0.25) is 0 Å². The molecule has 0 radical (unpaired) electrons. The van der Waals surface area contributed by atoms with Gasteiger partial charge in [-0.05, 0) is 45.0 Å². The van der Waals surface area contributed by atoms with Gasteiger partial charge >= 0.3 is 0 Å². The number of benzene rings is 1. The summed E-state index contributed by atoms with van der Waals surface area (Å²) in [5.74, 6) is 0. The average molecular weight is 331 g/mol. The molecule has 90 valence electrons. The Balaban J connectivity index is 2.48. The Morgan fingerprint density at radius 2 is 1.76 bits per heavy atom. The summed E-state index contributed by atoms with van der Waals surface area (Å²) in [5, 5.41) is 0.746. The summed E-state index contributed by atoms with van der Waals surface area (Å²) in [6.07, 6.45) is 0. The number of nitrogens with zero attached hydrogens (tertiary/aromatic N) is 1. The average Bonchev–Trinajstić information content (AvgIpc) is 2.61. The van der Waals surface area contributed by atoms with Crippen LogP contribution < -0.4 is 0 Å². The van der Waals surface area contributed by atoms with E-state index in [9.17, 15) is 0 Å². The molecule has 0 saturated heterocycles. The lowest BCUT2D eigenvalue weighted by molar-refractivity contribution is 0.601. The van der Waals surface area contributed by atoms with Gasteiger partial charge in [-0.1, -0.05) is 44.5 Å². The zero-order chi connectivity index (χ0) is 12.6. The van der Waals surface area contributed by atoms with Crippen molar-refractivity contribution in [3.05, 3.63) is 38.6 Å². The molecule has 0 spiro atoms. The Labute approximate surface area is 119 Å². The van der Waals surface area contributed by atoms with Crippen molar-refractivity contribution in [3.8, 4) is 11.3 Å². The van der Waals surface area contributed by atoms with Crippen LogP contribution in [0.25, 0.3) is 11.3 Å². The van der Waals surface area contributed by atoms with Crippen LogP contribution in [0.15, 0.2) is 28.7 Å². The molecule has 0 fully saturated rings. The minimum atomic E-state index is 0.112. The molecule has 0 aliphatic heterocycles. The second-order valence-electron chi connectivity index (χ2n) is 4.93. The number of halogens is 2. The summed E-state index contributed by atoms with van der Waals surface area (Å²) in [7, 11) is 0. The maximum absolute atomic E-state index is 5.89. The van der Waals surface area contributed by atoms with E-state index in [0.717, 1.165) is 20.8 Å². The van der Waals surface area contributed by atoms with Crippen molar-refractivity contribution in [3.63, 3.8) is 0 Å². The minimum absolute atomic E-state index is 0.112. The molecule has 4 heteroatoms. The smallest absolute Gasteiger partial charge is 0.0985 e. The number of hydrogen-bond donors (Lipinski definition) is 0. The molecule has 17 heavy (non-hydrogen) atoms. The molecule has 1 heterocycles. The lowest BCUT2D eigenvalue weighted by Crippen LogP contribution is -2.09. The highest BCUT2D eigenvalue weighted by Gasteiger charge is 2.23. The SMILES string of the molecule is CC(C)(C)c1snc(-c2ccc(Cl)cc2)c1Br. The fourth-order valence-corrected chi connectivity index (χ4v) is 3.74. The van der Waals surface area contributed by atoms with Crippen LogP contribution in [0, 0.1) is 0 Å². The number of aromatic nitrogens is 1. The Morgan fingerprint density at radius 3 is 2.24 bits per heavy atom. The van der Waals surface area contributed by atoms with Crippen molar-refractivity contribution in [2.24, 2.45) is 0 Å². The fourth-order valence-electron chi connectivity index (χ4n) is 1.53. The number of rotatable bonds is 1. The normalized spacial score (nSPS) is 11.8. The molecule has 0 atom stereocenters. The summed E-state index contributed by atoms with van der Waals surface area (Å²) < 4.78 is 5.63. The van der Waals surface area contributed by atoms with Crippen LogP contribution in [0.1, 0.15) is 25.6 Å². The third kappa shape index (κ3) is 2.72. The first-order valence-corrected chi connectivity index (χ1v) is 7.25. The van der Waals surface area contributed by atoms with Crippen molar-refractivity contribution < 1.29 is 0 Å². The van der Waals surface area contributed by atoms with Gasteiger partial charge in [-0.25, -0.2) is 0 Å². The van der Waals surface area contributed by atoms with E-state index >= 15 is 0 Å². The maximum atomic E-state index is 5.89. The molecule has 0 unspecified atom stereocenters. The quantitative estimate of drug-likeness (QED) is 0.670. The predicted octanol–water partition coefficient (Wildman–Crippen LogP) is 5.52. The van der Waals surface area contributed by atoms with E-state index in [-0.39, 0.29) is 5.41 Å². The van der Waals surface area contributed by atoms with Gasteiger partial charge in [-0.2, -0.15) is 4.37 Å². The molecular weight excluding hydrogens is 318 g/mol. The lowest BCUT2D eigenvalue weighted by atomic mass is 9.94. The van der Waals surface area contributed by atoms with Crippen LogP contribution in [0.2, 0.25) is 5.02 Å². The number of hydrogen-bond acceptors (Lipinski definition) is 2. The van der Waals surface area contributed by atoms with Crippen molar-refractivity contribution in [1.29, 1.82) is 0 Å². The highest BCUT2D eigenvalue weighted by Crippen LogP contribution is 2.39. The van der Waals surface area contributed by atoms with E-state index in [1.54, 1.807) is 11.5 Å². The third-order valence-corrected chi connectivity index (χ3v) is 4.99. The fraction of sp³-hybridized carbons (Fsp3) is 0.308. The summed E-state index contributed by atoms with van der Waals surface area (Å²) >= 11 is 11.1. The van der Waals surface area contributed by atoms with Gasteiger partial charge in [0.2, 0.25) is 0 Å². The van der Waals surface area contributed by atoms with Gasteiger partial charge in [0.05, 0.1) is 10.2 Å². The van der Waals surface area contributed by atoms with E-state index in [4.69, 9.17) is 11.6 Å². The lowest BCUT2D eigenvalue weighted by Gasteiger charge is -2.16.